The SMILES string of the molecule is CN(CCC(=O)O)C(=O)Nc1cccc2c1CN(c1ccccn1)C2. The molecule has 130 valence electrons. The molecule has 0 saturated carbocycles. The number of carboxylic acid groups (broad SMARTS) is 1. The Balaban J connectivity index is 1.71. The smallest absolute Gasteiger partial charge is 0.321 e. The van der Waals surface area contributed by atoms with Gasteiger partial charge in [-0.25, -0.2) is 9.78 Å². The lowest BCUT2D eigenvalue weighted by atomic mass is 10.1. The predicted molar refractivity (Wildman–Crippen MR) is 94.5 cm³/mol. The van der Waals surface area contributed by atoms with E-state index in [-0.39, 0.29) is 19.0 Å². The number of hydrogen-bond donors (Lipinski definition) is 2. The van der Waals surface area contributed by atoms with Crippen LogP contribution in [-0.2, 0) is 17.9 Å². The van der Waals surface area contributed by atoms with Gasteiger partial charge in [0.2, 0.25) is 0 Å². The van der Waals surface area contributed by atoms with Gasteiger partial charge in [-0.3, -0.25) is 4.79 Å². The van der Waals surface area contributed by atoms with E-state index in [0.717, 1.165) is 29.2 Å². The van der Waals surface area contributed by atoms with Crippen molar-refractivity contribution < 1.29 is 14.7 Å². The fourth-order valence-electron chi connectivity index (χ4n) is 2.82. The summed E-state index contributed by atoms with van der Waals surface area (Å²) in [6.45, 7) is 1.57. The number of nitrogens with one attached hydrogen (secondary N) is 1. The number of pyridine rings is 1. The van der Waals surface area contributed by atoms with Crippen molar-refractivity contribution in [2.75, 3.05) is 23.8 Å². The van der Waals surface area contributed by atoms with Crippen molar-refractivity contribution in [2.24, 2.45) is 0 Å². The Labute approximate surface area is 145 Å². The number of rotatable bonds is 5. The Bertz CT molecular complexity index is 779. The Kier molecular flexibility index (Phi) is 4.83. The molecule has 0 aliphatic carbocycles. The van der Waals surface area contributed by atoms with Gasteiger partial charge >= 0.3 is 12.0 Å². The number of nitrogens with zero attached hydrogens (tertiary/aromatic N) is 3. The number of aromatic nitrogens is 1. The molecule has 25 heavy (non-hydrogen) atoms. The molecule has 0 saturated heterocycles. The number of fused-ring (bicyclic) bond motifs is 1. The van der Waals surface area contributed by atoms with E-state index < -0.39 is 5.97 Å². The van der Waals surface area contributed by atoms with Gasteiger partial charge in [0.25, 0.3) is 0 Å². The van der Waals surface area contributed by atoms with Crippen molar-refractivity contribution in [3.05, 3.63) is 53.7 Å². The molecule has 0 radical (unpaired) electrons. The normalized spacial score (nSPS) is 12.6. The highest BCUT2D eigenvalue weighted by Crippen LogP contribution is 2.31. The fourth-order valence-corrected chi connectivity index (χ4v) is 2.82. The zero-order chi connectivity index (χ0) is 17.8. The minimum atomic E-state index is -0.925. The van der Waals surface area contributed by atoms with Gasteiger partial charge in [0.15, 0.2) is 0 Å². The van der Waals surface area contributed by atoms with Crippen molar-refractivity contribution in [3.63, 3.8) is 0 Å². The maximum Gasteiger partial charge on any atom is 0.321 e. The summed E-state index contributed by atoms with van der Waals surface area (Å²) in [5.41, 5.74) is 2.97. The van der Waals surface area contributed by atoms with Crippen molar-refractivity contribution in [2.45, 2.75) is 19.5 Å². The monoisotopic (exact) mass is 340 g/mol. The lowest BCUT2D eigenvalue weighted by molar-refractivity contribution is -0.137. The molecule has 2 aromatic rings. The number of anilines is 2. The van der Waals surface area contributed by atoms with Crippen LogP contribution in [0.1, 0.15) is 17.5 Å². The predicted octanol–water partition coefficient (Wildman–Crippen LogP) is 2.54. The van der Waals surface area contributed by atoms with Gasteiger partial charge in [-0.15, -0.1) is 0 Å². The van der Waals surface area contributed by atoms with Gasteiger partial charge in [0.05, 0.1) is 6.42 Å². The van der Waals surface area contributed by atoms with E-state index in [9.17, 15) is 9.59 Å². The molecule has 1 aliphatic rings. The van der Waals surface area contributed by atoms with Gasteiger partial charge in [-0.2, -0.15) is 0 Å². The second-order valence-corrected chi connectivity index (χ2v) is 5.98. The first kappa shape index (κ1) is 16.8. The number of carbonyl (C=O) groups excluding carboxylic acids is 1. The highest BCUT2D eigenvalue weighted by Gasteiger charge is 2.23. The average molecular weight is 340 g/mol. The van der Waals surface area contributed by atoms with Crippen LogP contribution < -0.4 is 10.2 Å². The fraction of sp³-hybridized carbons (Fsp3) is 0.278. The molecule has 1 aliphatic heterocycles. The van der Waals surface area contributed by atoms with Gasteiger partial charge in [0.1, 0.15) is 5.82 Å². The summed E-state index contributed by atoms with van der Waals surface area (Å²) in [4.78, 5) is 30.8. The van der Waals surface area contributed by atoms with Gasteiger partial charge in [-0.05, 0) is 23.8 Å². The molecule has 2 amide bonds. The number of benzene rings is 1. The average Bonchev–Trinajstić information content (AvgIpc) is 3.05. The summed E-state index contributed by atoms with van der Waals surface area (Å²) in [7, 11) is 1.58. The third-order valence-electron chi connectivity index (χ3n) is 4.21. The summed E-state index contributed by atoms with van der Waals surface area (Å²) in [6.07, 6.45) is 1.68. The quantitative estimate of drug-likeness (QED) is 0.873. The summed E-state index contributed by atoms with van der Waals surface area (Å²) in [5.74, 6) is -0.0270. The van der Waals surface area contributed by atoms with Crippen LogP contribution in [0.25, 0.3) is 0 Å². The number of urea groups is 1. The van der Waals surface area contributed by atoms with Gasteiger partial charge in [0, 0.05) is 44.1 Å². The number of amides is 2. The van der Waals surface area contributed by atoms with Crippen LogP contribution in [0.2, 0.25) is 0 Å². The van der Waals surface area contributed by atoms with E-state index in [4.69, 9.17) is 5.11 Å². The van der Waals surface area contributed by atoms with E-state index in [2.05, 4.69) is 15.2 Å². The van der Waals surface area contributed by atoms with Crippen molar-refractivity contribution >= 4 is 23.5 Å². The lowest BCUT2D eigenvalue weighted by Crippen LogP contribution is -2.33. The molecule has 3 rings (SSSR count). The molecule has 0 spiro atoms. The topological polar surface area (TPSA) is 85.8 Å². The van der Waals surface area contributed by atoms with Gasteiger partial charge < -0.3 is 20.2 Å². The molecule has 7 heteroatoms. The van der Waals surface area contributed by atoms with Crippen LogP contribution in [0.3, 0.4) is 0 Å². The second-order valence-electron chi connectivity index (χ2n) is 5.98. The number of carboxylic acids is 1. The molecule has 7 nitrogen and oxygen atoms in total. The maximum atomic E-state index is 12.3. The molecule has 2 N–H and O–H groups in total. The summed E-state index contributed by atoms with van der Waals surface area (Å²) in [5, 5.41) is 11.6. The zero-order valence-electron chi connectivity index (χ0n) is 14.0. The van der Waals surface area contributed by atoms with Crippen LogP contribution in [0, 0.1) is 0 Å². The Morgan fingerprint density at radius 2 is 2.08 bits per heavy atom. The Morgan fingerprint density at radius 3 is 2.80 bits per heavy atom. The molecule has 2 heterocycles. The van der Waals surface area contributed by atoms with Crippen molar-refractivity contribution in [1.29, 1.82) is 0 Å². The van der Waals surface area contributed by atoms with E-state index in [1.807, 2.05) is 36.4 Å². The van der Waals surface area contributed by atoms with Crippen LogP contribution >= 0.6 is 0 Å². The Morgan fingerprint density at radius 1 is 1.24 bits per heavy atom. The molecule has 1 aromatic carbocycles. The number of carbonyl (C=O) groups is 2. The third kappa shape index (κ3) is 3.88. The molecule has 1 aromatic heterocycles. The van der Waals surface area contributed by atoms with E-state index >= 15 is 0 Å². The lowest BCUT2D eigenvalue weighted by Gasteiger charge is -2.19. The first-order chi connectivity index (χ1) is 12.0. The highest BCUT2D eigenvalue weighted by atomic mass is 16.4. The van der Waals surface area contributed by atoms with E-state index in [1.165, 1.54) is 4.90 Å². The highest BCUT2D eigenvalue weighted by molar-refractivity contribution is 5.90. The second kappa shape index (κ2) is 7.21. The number of hydrogen-bond acceptors (Lipinski definition) is 4. The molecule has 0 unspecified atom stereocenters. The minimum Gasteiger partial charge on any atom is -0.481 e. The summed E-state index contributed by atoms with van der Waals surface area (Å²) < 4.78 is 0. The first-order valence-corrected chi connectivity index (χ1v) is 8.05. The Hall–Kier alpha value is -3.09. The molecule has 0 atom stereocenters. The van der Waals surface area contributed by atoms with Crippen molar-refractivity contribution in [3.8, 4) is 0 Å². The van der Waals surface area contributed by atoms with E-state index in [0.29, 0.717) is 6.54 Å². The molecule has 0 fully saturated rings. The first-order valence-electron chi connectivity index (χ1n) is 8.05. The zero-order valence-corrected chi connectivity index (χ0v) is 14.0. The molecule has 0 bridgehead atoms. The van der Waals surface area contributed by atoms with Crippen LogP contribution in [-0.4, -0.2) is 40.6 Å². The van der Waals surface area contributed by atoms with Crippen molar-refractivity contribution in [1.82, 2.24) is 9.88 Å². The minimum absolute atomic E-state index is 0.0791. The summed E-state index contributed by atoms with van der Waals surface area (Å²) in [6, 6.07) is 11.3. The van der Waals surface area contributed by atoms with Crippen LogP contribution in [0.4, 0.5) is 16.3 Å². The molecular weight excluding hydrogens is 320 g/mol. The largest absolute Gasteiger partial charge is 0.481 e. The standard InChI is InChI=1S/C18H20N4O3/c1-21(10-8-17(23)24)18(25)20-15-6-4-5-13-11-22(12-14(13)15)16-7-2-3-9-19-16/h2-7,9H,8,10-12H2,1H3,(H,20,25)(H,23,24). The molecular formula is C18H20N4O3. The number of aliphatic carboxylic acids is 1. The maximum absolute atomic E-state index is 12.3. The van der Waals surface area contributed by atoms with Gasteiger partial charge in [-0.1, -0.05) is 18.2 Å². The summed E-state index contributed by atoms with van der Waals surface area (Å²) >= 11 is 0. The third-order valence-corrected chi connectivity index (χ3v) is 4.21. The van der Waals surface area contributed by atoms with Crippen LogP contribution in [0.15, 0.2) is 42.6 Å². The van der Waals surface area contributed by atoms with Crippen LogP contribution in [0.5, 0.6) is 0 Å². The van der Waals surface area contributed by atoms with E-state index in [1.54, 1.807) is 13.2 Å².